The molecule has 24 heavy (non-hydrogen) atoms. The Morgan fingerprint density at radius 1 is 1.17 bits per heavy atom. The van der Waals surface area contributed by atoms with Crippen LogP contribution in [0.1, 0.15) is 40.4 Å². The Labute approximate surface area is 139 Å². The Balaban J connectivity index is 1.77. The Morgan fingerprint density at radius 2 is 1.96 bits per heavy atom. The first-order chi connectivity index (χ1) is 11.6. The first kappa shape index (κ1) is 14.8. The fourth-order valence-electron chi connectivity index (χ4n) is 2.89. The molecule has 1 fully saturated rings. The molecule has 0 unspecified atom stereocenters. The second kappa shape index (κ2) is 5.71. The topological polar surface area (TPSA) is 42.0 Å². The van der Waals surface area contributed by atoms with Crippen molar-refractivity contribution >= 4 is 22.5 Å². The highest BCUT2D eigenvalue weighted by Gasteiger charge is 2.27. The van der Waals surface area contributed by atoms with E-state index in [2.05, 4.69) is 10.3 Å². The van der Waals surface area contributed by atoms with Gasteiger partial charge in [0.2, 0.25) is 0 Å². The first-order valence-corrected chi connectivity index (χ1v) is 8.09. The Morgan fingerprint density at radius 3 is 2.75 bits per heavy atom. The molecule has 0 radical (unpaired) electrons. The summed E-state index contributed by atoms with van der Waals surface area (Å²) in [5.41, 5.74) is 3.70. The van der Waals surface area contributed by atoms with Gasteiger partial charge in [-0.25, -0.2) is 4.39 Å². The molecular weight excluding hydrogens is 303 g/mol. The summed E-state index contributed by atoms with van der Waals surface area (Å²) in [4.78, 5) is 17.5. The van der Waals surface area contributed by atoms with Crippen molar-refractivity contribution in [3.8, 4) is 0 Å². The molecule has 1 heterocycles. The maximum absolute atomic E-state index is 13.5. The minimum absolute atomic E-state index is 0.232. The Bertz CT molecular complexity index is 948. The predicted molar refractivity (Wildman–Crippen MR) is 92.8 cm³/mol. The van der Waals surface area contributed by atoms with E-state index >= 15 is 0 Å². The van der Waals surface area contributed by atoms with Gasteiger partial charge in [0.15, 0.2) is 0 Å². The van der Waals surface area contributed by atoms with Gasteiger partial charge in [-0.05, 0) is 49.6 Å². The highest BCUT2D eigenvalue weighted by molar-refractivity contribution is 6.12. The SMILES string of the molecule is Cc1ccc(F)cc1NC(=O)c1cc(C2CC2)nc2ccccc12. The standard InChI is InChI=1S/C20H17FN2O/c1-12-6-9-14(21)10-18(12)23-20(24)16-11-19(13-7-8-13)22-17-5-3-2-4-15(16)17/h2-6,9-11,13H,7-8H2,1H3,(H,23,24). The number of anilines is 1. The van der Waals surface area contributed by atoms with Gasteiger partial charge < -0.3 is 5.32 Å². The van der Waals surface area contributed by atoms with Crippen LogP contribution in [0.3, 0.4) is 0 Å². The van der Waals surface area contributed by atoms with Gasteiger partial charge in [0.25, 0.3) is 5.91 Å². The number of rotatable bonds is 3. The quantitative estimate of drug-likeness (QED) is 0.752. The second-order valence-electron chi connectivity index (χ2n) is 6.30. The molecule has 4 rings (SSSR count). The van der Waals surface area contributed by atoms with Crippen molar-refractivity contribution in [3.05, 3.63) is 71.2 Å². The number of para-hydroxylation sites is 1. The van der Waals surface area contributed by atoms with E-state index < -0.39 is 0 Å². The van der Waals surface area contributed by atoms with Crippen molar-refractivity contribution < 1.29 is 9.18 Å². The van der Waals surface area contributed by atoms with Crippen molar-refractivity contribution in [1.82, 2.24) is 4.98 Å². The van der Waals surface area contributed by atoms with Gasteiger partial charge in [-0.1, -0.05) is 24.3 Å². The van der Waals surface area contributed by atoms with Gasteiger partial charge in [-0.2, -0.15) is 0 Å². The van der Waals surface area contributed by atoms with E-state index in [4.69, 9.17) is 0 Å². The van der Waals surface area contributed by atoms with Crippen LogP contribution in [0.5, 0.6) is 0 Å². The van der Waals surface area contributed by atoms with Gasteiger partial charge in [0.1, 0.15) is 5.82 Å². The summed E-state index contributed by atoms with van der Waals surface area (Å²) in [7, 11) is 0. The van der Waals surface area contributed by atoms with Gasteiger partial charge in [-0.3, -0.25) is 9.78 Å². The number of hydrogen-bond acceptors (Lipinski definition) is 2. The summed E-state index contributed by atoms with van der Waals surface area (Å²) in [6.45, 7) is 1.84. The van der Waals surface area contributed by atoms with E-state index in [-0.39, 0.29) is 11.7 Å². The van der Waals surface area contributed by atoms with E-state index in [9.17, 15) is 9.18 Å². The third-order valence-electron chi connectivity index (χ3n) is 4.42. The number of nitrogens with one attached hydrogen (secondary N) is 1. The lowest BCUT2D eigenvalue weighted by Crippen LogP contribution is -2.14. The summed E-state index contributed by atoms with van der Waals surface area (Å²) in [5.74, 6) is -0.143. The van der Waals surface area contributed by atoms with Gasteiger partial charge in [0, 0.05) is 22.7 Å². The molecule has 3 nitrogen and oxygen atoms in total. The van der Waals surface area contributed by atoms with Crippen LogP contribution in [0.4, 0.5) is 10.1 Å². The van der Waals surface area contributed by atoms with Crippen LogP contribution < -0.4 is 5.32 Å². The molecule has 0 saturated heterocycles. The number of halogens is 1. The van der Waals surface area contributed by atoms with Crippen LogP contribution in [0.25, 0.3) is 10.9 Å². The fourth-order valence-corrected chi connectivity index (χ4v) is 2.89. The van der Waals surface area contributed by atoms with E-state index in [1.54, 1.807) is 6.07 Å². The van der Waals surface area contributed by atoms with Gasteiger partial charge in [0.05, 0.1) is 11.1 Å². The monoisotopic (exact) mass is 320 g/mol. The molecule has 1 aromatic heterocycles. The third-order valence-corrected chi connectivity index (χ3v) is 4.42. The highest BCUT2D eigenvalue weighted by atomic mass is 19.1. The number of pyridine rings is 1. The number of hydrogen-bond donors (Lipinski definition) is 1. The molecule has 1 N–H and O–H groups in total. The molecule has 1 saturated carbocycles. The number of benzene rings is 2. The van der Waals surface area contributed by atoms with Crippen LogP contribution >= 0.6 is 0 Å². The predicted octanol–water partition coefficient (Wildman–Crippen LogP) is 4.81. The smallest absolute Gasteiger partial charge is 0.256 e. The molecule has 4 heteroatoms. The van der Waals surface area contributed by atoms with Crippen LogP contribution in [0.15, 0.2) is 48.5 Å². The van der Waals surface area contributed by atoms with Crippen LogP contribution in [0.2, 0.25) is 0 Å². The summed E-state index contributed by atoms with van der Waals surface area (Å²) in [6.07, 6.45) is 2.24. The van der Waals surface area contributed by atoms with Gasteiger partial charge >= 0.3 is 0 Å². The summed E-state index contributed by atoms with van der Waals surface area (Å²) >= 11 is 0. The molecule has 1 amide bonds. The van der Waals surface area contributed by atoms with Crippen molar-refractivity contribution in [2.75, 3.05) is 5.32 Å². The normalized spacial score (nSPS) is 13.9. The molecule has 1 aliphatic carbocycles. The second-order valence-corrected chi connectivity index (χ2v) is 6.30. The van der Waals surface area contributed by atoms with E-state index in [1.165, 1.54) is 12.1 Å². The number of nitrogens with zero attached hydrogens (tertiary/aromatic N) is 1. The van der Waals surface area contributed by atoms with Crippen molar-refractivity contribution in [1.29, 1.82) is 0 Å². The Kier molecular flexibility index (Phi) is 3.53. The lowest BCUT2D eigenvalue weighted by molar-refractivity contribution is 0.102. The third kappa shape index (κ3) is 2.75. The van der Waals surface area contributed by atoms with E-state index in [0.29, 0.717) is 17.2 Å². The molecule has 1 aliphatic rings. The van der Waals surface area contributed by atoms with Gasteiger partial charge in [-0.15, -0.1) is 0 Å². The van der Waals surface area contributed by atoms with Crippen LogP contribution in [-0.4, -0.2) is 10.9 Å². The van der Waals surface area contributed by atoms with Crippen molar-refractivity contribution in [2.24, 2.45) is 0 Å². The van der Waals surface area contributed by atoms with Crippen LogP contribution in [-0.2, 0) is 0 Å². The minimum atomic E-state index is -0.367. The number of amides is 1. The maximum Gasteiger partial charge on any atom is 0.256 e. The minimum Gasteiger partial charge on any atom is -0.322 e. The van der Waals surface area contributed by atoms with E-state index in [1.807, 2.05) is 37.3 Å². The molecule has 0 spiro atoms. The Hall–Kier alpha value is -2.75. The molecule has 0 bridgehead atoms. The average molecular weight is 320 g/mol. The fraction of sp³-hybridized carbons (Fsp3) is 0.200. The molecule has 2 aromatic carbocycles. The lowest BCUT2D eigenvalue weighted by Gasteiger charge is -2.12. The number of fused-ring (bicyclic) bond motifs is 1. The molecule has 0 atom stereocenters. The molecular formula is C20H17FN2O. The van der Waals surface area contributed by atoms with Crippen molar-refractivity contribution in [2.45, 2.75) is 25.7 Å². The van der Waals surface area contributed by atoms with Crippen LogP contribution in [0, 0.1) is 12.7 Å². The number of aryl methyl sites for hydroxylation is 1. The zero-order valence-corrected chi connectivity index (χ0v) is 13.3. The molecule has 120 valence electrons. The first-order valence-electron chi connectivity index (χ1n) is 8.09. The lowest BCUT2D eigenvalue weighted by atomic mass is 10.0. The zero-order chi connectivity index (χ0) is 16.7. The zero-order valence-electron chi connectivity index (χ0n) is 13.3. The summed E-state index contributed by atoms with van der Waals surface area (Å²) < 4.78 is 13.5. The molecule has 0 aliphatic heterocycles. The summed E-state index contributed by atoms with van der Waals surface area (Å²) in [5, 5.41) is 3.65. The largest absolute Gasteiger partial charge is 0.322 e. The number of carbonyl (C=O) groups excluding carboxylic acids is 1. The number of aromatic nitrogens is 1. The summed E-state index contributed by atoms with van der Waals surface area (Å²) in [6, 6.07) is 13.9. The number of carbonyl (C=O) groups is 1. The molecule has 3 aromatic rings. The van der Waals surface area contributed by atoms with E-state index in [0.717, 1.165) is 35.0 Å². The van der Waals surface area contributed by atoms with Crippen molar-refractivity contribution in [3.63, 3.8) is 0 Å². The maximum atomic E-state index is 13.5. The average Bonchev–Trinajstić information content (AvgIpc) is 3.42. The highest BCUT2D eigenvalue weighted by Crippen LogP contribution is 2.40.